The van der Waals surface area contributed by atoms with Crippen molar-refractivity contribution in [2.75, 3.05) is 7.11 Å². The van der Waals surface area contributed by atoms with Crippen LogP contribution in [0.5, 0.6) is 0 Å². The van der Waals surface area contributed by atoms with Gasteiger partial charge in [-0.3, -0.25) is 4.79 Å². The highest BCUT2D eigenvalue weighted by molar-refractivity contribution is 5.70. The van der Waals surface area contributed by atoms with E-state index in [2.05, 4.69) is 10.8 Å². The van der Waals surface area contributed by atoms with Crippen molar-refractivity contribution in [3.8, 4) is 0 Å². The molecule has 3 nitrogen and oxygen atoms in total. The van der Waals surface area contributed by atoms with Crippen molar-refractivity contribution in [1.29, 1.82) is 0 Å². The molecule has 0 bridgehead atoms. The number of benzene rings is 1. The Morgan fingerprint density at radius 2 is 2.25 bits per heavy atom. The number of carbonyl (C=O) groups excluding carboxylic acids is 1. The number of aliphatic hydroxyl groups excluding tert-OH is 1. The molecule has 1 aromatic rings. The van der Waals surface area contributed by atoms with Crippen molar-refractivity contribution in [2.24, 2.45) is 0 Å². The molecule has 0 amide bonds. The molecule has 0 aliphatic heterocycles. The zero-order valence-electron chi connectivity index (χ0n) is 9.35. The van der Waals surface area contributed by atoms with Gasteiger partial charge in [0.25, 0.3) is 0 Å². The van der Waals surface area contributed by atoms with E-state index < -0.39 is 6.10 Å². The van der Waals surface area contributed by atoms with Gasteiger partial charge in [-0.15, -0.1) is 0 Å². The van der Waals surface area contributed by atoms with Crippen LogP contribution in [0.4, 0.5) is 0 Å². The van der Waals surface area contributed by atoms with Crippen LogP contribution in [0.25, 0.3) is 0 Å². The summed E-state index contributed by atoms with van der Waals surface area (Å²) in [6, 6.07) is 7.99. The van der Waals surface area contributed by atoms with Crippen molar-refractivity contribution in [3.63, 3.8) is 0 Å². The molecule has 0 unspecified atom stereocenters. The number of aliphatic hydroxyl groups is 1. The molecule has 1 aliphatic carbocycles. The molecule has 0 fully saturated rings. The summed E-state index contributed by atoms with van der Waals surface area (Å²) < 4.78 is 4.67. The molecule has 1 aromatic carbocycles. The maximum Gasteiger partial charge on any atom is 0.306 e. The molecule has 2 rings (SSSR count). The Kier molecular flexibility index (Phi) is 3.25. The summed E-state index contributed by atoms with van der Waals surface area (Å²) in [4.78, 5) is 11.3. The number of hydrogen-bond donors (Lipinski definition) is 1. The zero-order chi connectivity index (χ0) is 11.5. The molecule has 0 spiro atoms. The molecule has 16 heavy (non-hydrogen) atoms. The predicted molar refractivity (Wildman–Crippen MR) is 60.1 cm³/mol. The monoisotopic (exact) mass is 220 g/mol. The number of ether oxygens (including phenoxy) is 1. The average molecular weight is 220 g/mol. The third-order valence-electron chi connectivity index (χ3n) is 3.24. The number of fused-ring (bicyclic) bond motifs is 1. The van der Waals surface area contributed by atoms with Crippen molar-refractivity contribution in [2.45, 2.75) is 31.3 Å². The van der Waals surface area contributed by atoms with Gasteiger partial charge in [-0.05, 0) is 24.0 Å². The molecular weight excluding hydrogens is 204 g/mol. The van der Waals surface area contributed by atoms with Gasteiger partial charge in [-0.2, -0.15) is 0 Å². The summed E-state index contributed by atoms with van der Waals surface area (Å²) >= 11 is 0. The topological polar surface area (TPSA) is 46.5 Å². The van der Waals surface area contributed by atoms with Gasteiger partial charge in [0.15, 0.2) is 0 Å². The highest BCUT2D eigenvalue weighted by atomic mass is 16.5. The lowest BCUT2D eigenvalue weighted by atomic mass is 9.79. The van der Waals surface area contributed by atoms with Gasteiger partial charge in [0.05, 0.1) is 19.6 Å². The van der Waals surface area contributed by atoms with Crippen LogP contribution in [-0.4, -0.2) is 24.3 Å². The number of methoxy groups -OCH3 is 1. The summed E-state index contributed by atoms with van der Waals surface area (Å²) in [5.41, 5.74) is 2.33. The normalized spacial score (nSPS) is 23.6. The second-order valence-corrected chi connectivity index (χ2v) is 4.19. The summed E-state index contributed by atoms with van der Waals surface area (Å²) in [7, 11) is 1.38. The lowest BCUT2D eigenvalue weighted by Crippen LogP contribution is -2.27. The van der Waals surface area contributed by atoms with Gasteiger partial charge in [0.2, 0.25) is 0 Å². The minimum atomic E-state index is -0.436. The highest BCUT2D eigenvalue weighted by Gasteiger charge is 2.29. The van der Waals surface area contributed by atoms with Crippen LogP contribution in [0.2, 0.25) is 0 Å². The lowest BCUT2D eigenvalue weighted by molar-refractivity contribution is -0.141. The first kappa shape index (κ1) is 11.1. The predicted octanol–water partition coefficient (Wildman–Crippen LogP) is 1.64. The second kappa shape index (κ2) is 4.66. The third kappa shape index (κ3) is 2.09. The Morgan fingerprint density at radius 3 is 3.00 bits per heavy atom. The van der Waals surface area contributed by atoms with E-state index in [-0.39, 0.29) is 18.3 Å². The minimum absolute atomic E-state index is 0.114. The largest absolute Gasteiger partial charge is 0.469 e. The molecule has 0 aromatic heterocycles. The van der Waals surface area contributed by atoms with E-state index in [4.69, 9.17) is 0 Å². The molecule has 1 aliphatic rings. The Morgan fingerprint density at radius 1 is 1.50 bits per heavy atom. The van der Waals surface area contributed by atoms with Gasteiger partial charge < -0.3 is 9.84 Å². The Labute approximate surface area is 95.0 Å². The Bertz CT molecular complexity index is 387. The summed E-state index contributed by atoms with van der Waals surface area (Å²) in [5.74, 6) is -0.377. The van der Waals surface area contributed by atoms with E-state index in [1.54, 1.807) is 0 Å². The third-order valence-corrected chi connectivity index (χ3v) is 3.24. The van der Waals surface area contributed by atoms with Crippen LogP contribution in [-0.2, 0) is 16.0 Å². The maximum absolute atomic E-state index is 11.3. The van der Waals surface area contributed by atoms with Crippen molar-refractivity contribution >= 4 is 5.97 Å². The van der Waals surface area contributed by atoms with Crippen molar-refractivity contribution in [3.05, 3.63) is 35.4 Å². The standard InChI is InChI=1S/C13H16O3/c1-16-13(15)8-11-10-5-3-2-4-9(10)6-7-12(11)14/h2-5,11-12,14H,6-8H2,1H3/t11-,12-/m0/s1. The summed E-state index contributed by atoms with van der Waals surface area (Å²) in [6.07, 6.45) is 1.43. The molecule has 0 radical (unpaired) electrons. The van der Waals surface area contributed by atoms with Crippen LogP contribution in [0.3, 0.4) is 0 Å². The first-order chi connectivity index (χ1) is 7.72. The molecule has 0 heterocycles. The number of rotatable bonds is 2. The van der Waals surface area contributed by atoms with E-state index in [0.717, 1.165) is 18.4 Å². The number of carbonyl (C=O) groups is 1. The average Bonchev–Trinajstić information content (AvgIpc) is 2.32. The van der Waals surface area contributed by atoms with Crippen LogP contribution < -0.4 is 0 Å². The van der Waals surface area contributed by atoms with E-state index >= 15 is 0 Å². The number of hydrogen-bond acceptors (Lipinski definition) is 3. The van der Waals surface area contributed by atoms with Gasteiger partial charge in [-0.1, -0.05) is 24.3 Å². The fraction of sp³-hybridized carbons (Fsp3) is 0.462. The van der Waals surface area contributed by atoms with Gasteiger partial charge >= 0.3 is 5.97 Å². The SMILES string of the molecule is COC(=O)C[C@H]1c2ccccc2CC[C@@H]1O. The van der Waals surface area contributed by atoms with Crippen molar-refractivity contribution < 1.29 is 14.6 Å². The maximum atomic E-state index is 11.3. The Balaban J connectivity index is 2.26. The van der Waals surface area contributed by atoms with E-state index in [1.807, 2.05) is 18.2 Å². The van der Waals surface area contributed by atoms with E-state index in [0.29, 0.717) is 0 Å². The fourth-order valence-electron chi connectivity index (χ4n) is 2.34. The number of esters is 1. The molecule has 1 N–H and O–H groups in total. The first-order valence-electron chi connectivity index (χ1n) is 5.55. The fourth-order valence-corrected chi connectivity index (χ4v) is 2.34. The van der Waals surface area contributed by atoms with Crippen LogP contribution in [0.15, 0.2) is 24.3 Å². The van der Waals surface area contributed by atoms with E-state index in [1.165, 1.54) is 12.7 Å². The molecular formula is C13H16O3. The zero-order valence-corrected chi connectivity index (χ0v) is 9.35. The van der Waals surface area contributed by atoms with E-state index in [9.17, 15) is 9.90 Å². The van der Waals surface area contributed by atoms with Gasteiger partial charge in [0.1, 0.15) is 0 Å². The van der Waals surface area contributed by atoms with Crippen LogP contribution >= 0.6 is 0 Å². The van der Waals surface area contributed by atoms with Crippen LogP contribution in [0, 0.1) is 0 Å². The smallest absolute Gasteiger partial charge is 0.306 e. The Hall–Kier alpha value is -1.35. The quantitative estimate of drug-likeness (QED) is 0.771. The molecule has 2 atom stereocenters. The first-order valence-corrected chi connectivity index (χ1v) is 5.55. The molecule has 0 saturated carbocycles. The minimum Gasteiger partial charge on any atom is -0.469 e. The number of aryl methyl sites for hydroxylation is 1. The summed E-state index contributed by atoms with van der Waals surface area (Å²) in [5, 5.41) is 9.95. The van der Waals surface area contributed by atoms with Gasteiger partial charge in [-0.25, -0.2) is 0 Å². The van der Waals surface area contributed by atoms with Crippen molar-refractivity contribution in [1.82, 2.24) is 0 Å². The molecule has 3 heteroatoms. The van der Waals surface area contributed by atoms with Gasteiger partial charge in [0, 0.05) is 5.92 Å². The highest BCUT2D eigenvalue weighted by Crippen LogP contribution is 2.34. The van der Waals surface area contributed by atoms with Crippen LogP contribution in [0.1, 0.15) is 29.9 Å². The molecule has 0 saturated heterocycles. The second-order valence-electron chi connectivity index (χ2n) is 4.19. The molecule has 86 valence electrons. The summed E-state index contributed by atoms with van der Waals surface area (Å²) in [6.45, 7) is 0. The lowest BCUT2D eigenvalue weighted by Gasteiger charge is -2.29.